The second-order valence-corrected chi connectivity index (χ2v) is 6.76. The SMILES string of the molecule is CCCN(C(=O)Cc1ccc(OCC(C)C)cc1)C1CCNC1.Cl. The number of nitrogens with zero attached hydrogens (tertiary/aromatic N) is 1. The number of hydrogen-bond donors (Lipinski definition) is 1. The van der Waals surface area contributed by atoms with E-state index in [1.165, 1.54) is 0 Å². The summed E-state index contributed by atoms with van der Waals surface area (Å²) < 4.78 is 5.69. The summed E-state index contributed by atoms with van der Waals surface area (Å²) in [6.07, 6.45) is 2.54. The van der Waals surface area contributed by atoms with Crippen molar-refractivity contribution >= 4 is 18.3 Å². The van der Waals surface area contributed by atoms with Crippen LogP contribution in [0.2, 0.25) is 0 Å². The van der Waals surface area contributed by atoms with E-state index < -0.39 is 0 Å². The Balaban J connectivity index is 0.00000288. The molecule has 1 fully saturated rings. The fraction of sp³-hybridized carbons (Fsp3) is 0.632. The Kier molecular flexibility index (Phi) is 9.16. The standard InChI is InChI=1S/C19H30N2O2.ClH/c1-4-11-21(17-9-10-20-13-17)19(22)12-16-5-7-18(8-6-16)23-14-15(2)3;/h5-8,15,17,20H,4,9-14H2,1-3H3;1H. The van der Waals surface area contributed by atoms with Crippen LogP contribution in [0.25, 0.3) is 0 Å². The molecule has 1 saturated heterocycles. The molecule has 0 bridgehead atoms. The highest BCUT2D eigenvalue weighted by atomic mass is 35.5. The largest absolute Gasteiger partial charge is 0.493 e. The topological polar surface area (TPSA) is 41.6 Å². The van der Waals surface area contributed by atoms with Crippen LogP contribution in [0.15, 0.2) is 24.3 Å². The molecule has 1 amide bonds. The molecule has 1 aromatic carbocycles. The number of carbonyl (C=O) groups is 1. The van der Waals surface area contributed by atoms with Gasteiger partial charge in [-0.1, -0.05) is 32.9 Å². The minimum atomic E-state index is 0. The summed E-state index contributed by atoms with van der Waals surface area (Å²) in [4.78, 5) is 14.7. The third-order valence-corrected chi connectivity index (χ3v) is 4.12. The molecular formula is C19H31ClN2O2. The molecule has 1 aromatic rings. The number of benzene rings is 1. The molecule has 1 atom stereocenters. The molecule has 1 N–H and O–H groups in total. The Morgan fingerprint density at radius 2 is 2.04 bits per heavy atom. The summed E-state index contributed by atoms with van der Waals surface area (Å²) in [5, 5.41) is 3.35. The van der Waals surface area contributed by atoms with Crippen LogP contribution >= 0.6 is 12.4 Å². The van der Waals surface area contributed by atoms with E-state index >= 15 is 0 Å². The maximum absolute atomic E-state index is 12.7. The van der Waals surface area contributed by atoms with Gasteiger partial charge in [0.15, 0.2) is 0 Å². The fourth-order valence-corrected chi connectivity index (χ4v) is 2.90. The molecular weight excluding hydrogens is 324 g/mol. The van der Waals surface area contributed by atoms with Gasteiger partial charge in [-0.2, -0.15) is 0 Å². The molecule has 1 heterocycles. The van der Waals surface area contributed by atoms with Crippen molar-refractivity contribution in [2.24, 2.45) is 5.92 Å². The molecule has 4 nitrogen and oxygen atoms in total. The van der Waals surface area contributed by atoms with Gasteiger partial charge in [0.1, 0.15) is 5.75 Å². The van der Waals surface area contributed by atoms with E-state index in [4.69, 9.17) is 4.74 Å². The summed E-state index contributed by atoms with van der Waals surface area (Å²) in [5.74, 6) is 1.62. The van der Waals surface area contributed by atoms with Crippen LogP contribution in [-0.4, -0.2) is 43.1 Å². The van der Waals surface area contributed by atoms with E-state index in [1.54, 1.807) is 0 Å². The Bertz CT molecular complexity index is 485. The van der Waals surface area contributed by atoms with Crippen LogP contribution in [0.3, 0.4) is 0 Å². The minimum Gasteiger partial charge on any atom is -0.493 e. The fourth-order valence-electron chi connectivity index (χ4n) is 2.90. The first-order valence-corrected chi connectivity index (χ1v) is 8.82. The van der Waals surface area contributed by atoms with Crippen molar-refractivity contribution in [1.29, 1.82) is 0 Å². The van der Waals surface area contributed by atoms with Gasteiger partial charge in [0.2, 0.25) is 5.91 Å². The predicted octanol–water partition coefficient (Wildman–Crippen LogP) is 3.29. The molecule has 1 unspecified atom stereocenters. The van der Waals surface area contributed by atoms with Crippen molar-refractivity contribution in [2.45, 2.75) is 46.1 Å². The van der Waals surface area contributed by atoms with Crippen LogP contribution in [-0.2, 0) is 11.2 Å². The average molecular weight is 355 g/mol. The van der Waals surface area contributed by atoms with Gasteiger partial charge in [0.05, 0.1) is 13.0 Å². The zero-order chi connectivity index (χ0) is 16.7. The van der Waals surface area contributed by atoms with Crippen LogP contribution < -0.4 is 10.1 Å². The first-order chi connectivity index (χ1) is 11.1. The van der Waals surface area contributed by atoms with E-state index in [9.17, 15) is 4.79 Å². The third kappa shape index (κ3) is 6.33. The highest BCUT2D eigenvalue weighted by Gasteiger charge is 2.25. The Morgan fingerprint density at radius 1 is 1.33 bits per heavy atom. The number of amides is 1. The van der Waals surface area contributed by atoms with Crippen molar-refractivity contribution in [3.05, 3.63) is 29.8 Å². The summed E-state index contributed by atoms with van der Waals surface area (Å²) in [7, 11) is 0. The zero-order valence-corrected chi connectivity index (χ0v) is 15.9. The van der Waals surface area contributed by atoms with E-state index in [-0.39, 0.29) is 18.3 Å². The van der Waals surface area contributed by atoms with E-state index in [1.807, 2.05) is 24.3 Å². The second kappa shape index (κ2) is 10.6. The number of nitrogens with one attached hydrogen (secondary N) is 1. The molecule has 0 spiro atoms. The Hall–Kier alpha value is -1.26. The lowest BCUT2D eigenvalue weighted by Gasteiger charge is -2.28. The first-order valence-electron chi connectivity index (χ1n) is 8.82. The van der Waals surface area contributed by atoms with Crippen LogP contribution in [0.1, 0.15) is 39.2 Å². The van der Waals surface area contributed by atoms with E-state index in [2.05, 4.69) is 31.0 Å². The van der Waals surface area contributed by atoms with Crippen molar-refractivity contribution in [1.82, 2.24) is 10.2 Å². The van der Waals surface area contributed by atoms with Gasteiger partial charge in [-0.05, 0) is 43.0 Å². The molecule has 5 heteroatoms. The van der Waals surface area contributed by atoms with Gasteiger partial charge in [0.25, 0.3) is 0 Å². The van der Waals surface area contributed by atoms with Crippen molar-refractivity contribution in [2.75, 3.05) is 26.2 Å². The second-order valence-electron chi connectivity index (χ2n) is 6.76. The molecule has 0 radical (unpaired) electrons. The molecule has 0 aliphatic carbocycles. The quantitative estimate of drug-likeness (QED) is 0.778. The van der Waals surface area contributed by atoms with E-state index in [0.29, 0.717) is 18.4 Å². The van der Waals surface area contributed by atoms with Gasteiger partial charge in [-0.3, -0.25) is 4.79 Å². The summed E-state index contributed by atoms with van der Waals surface area (Å²) in [5.41, 5.74) is 1.05. The smallest absolute Gasteiger partial charge is 0.227 e. The Morgan fingerprint density at radius 3 is 2.58 bits per heavy atom. The maximum atomic E-state index is 12.7. The monoisotopic (exact) mass is 354 g/mol. The van der Waals surface area contributed by atoms with Crippen LogP contribution in [0.5, 0.6) is 5.75 Å². The number of ether oxygens (including phenoxy) is 1. The van der Waals surface area contributed by atoms with Crippen molar-refractivity contribution in [3.8, 4) is 5.75 Å². The average Bonchev–Trinajstić information content (AvgIpc) is 3.05. The highest BCUT2D eigenvalue weighted by Crippen LogP contribution is 2.16. The maximum Gasteiger partial charge on any atom is 0.227 e. The Labute approximate surface area is 152 Å². The molecule has 24 heavy (non-hydrogen) atoms. The molecule has 0 saturated carbocycles. The lowest BCUT2D eigenvalue weighted by molar-refractivity contribution is -0.132. The van der Waals surface area contributed by atoms with Gasteiger partial charge in [-0.15, -0.1) is 12.4 Å². The molecule has 0 aromatic heterocycles. The summed E-state index contributed by atoms with van der Waals surface area (Å²) in [6.45, 7) is 9.90. The first kappa shape index (κ1) is 20.8. The van der Waals surface area contributed by atoms with Crippen LogP contribution in [0.4, 0.5) is 0 Å². The summed E-state index contributed by atoms with van der Waals surface area (Å²) >= 11 is 0. The van der Waals surface area contributed by atoms with Crippen LogP contribution in [0, 0.1) is 5.92 Å². The molecule has 1 aliphatic rings. The number of rotatable bonds is 8. The van der Waals surface area contributed by atoms with Gasteiger partial charge in [0, 0.05) is 19.1 Å². The minimum absolute atomic E-state index is 0. The van der Waals surface area contributed by atoms with Crippen molar-refractivity contribution < 1.29 is 9.53 Å². The summed E-state index contributed by atoms with van der Waals surface area (Å²) in [6, 6.07) is 8.30. The zero-order valence-electron chi connectivity index (χ0n) is 15.1. The third-order valence-electron chi connectivity index (χ3n) is 4.12. The van der Waals surface area contributed by atoms with Gasteiger partial charge < -0.3 is 15.0 Å². The predicted molar refractivity (Wildman–Crippen MR) is 101 cm³/mol. The van der Waals surface area contributed by atoms with Gasteiger partial charge in [-0.25, -0.2) is 0 Å². The highest BCUT2D eigenvalue weighted by molar-refractivity contribution is 5.85. The number of halogens is 1. The molecule has 2 rings (SSSR count). The van der Waals surface area contributed by atoms with Gasteiger partial charge >= 0.3 is 0 Å². The van der Waals surface area contributed by atoms with E-state index in [0.717, 1.165) is 50.4 Å². The lowest BCUT2D eigenvalue weighted by Crippen LogP contribution is -2.42. The molecule has 1 aliphatic heterocycles. The number of hydrogen-bond acceptors (Lipinski definition) is 3. The number of carbonyl (C=O) groups excluding carboxylic acids is 1. The molecule has 136 valence electrons. The van der Waals surface area contributed by atoms with Crippen molar-refractivity contribution in [3.63, 3.8) is 0 Å². The lowest BCUT2D eigenvalue weighted by atomic mass is 10.1. The normalized spacial score (nSPS) is 16.8.